The van der Waals surface area contributed by atoms with E-state index < -0.39 is 0 Å². The van der Waals surface area contributed by atoms with Crippen LogP contribution in [0.4, 0.5) is 0 Å². The van der Waals surface area contributed by atoms with Crippen LogP contribution < -0.4 is 4.74 Å². The van der Waals surface area contributed by atoms with Crippen LogP contribution in [0.2, 0.25) is 0 Å². The Morgan fingerprint density at radius 2 is 1.77 bits per heavy atom. The summed E-state index contributed by atoms with van der Waals surface area (Å²) in [5.74, 6) is 0.742. The predicted molar refractivity (Wildman–Crippen MR) is 98.5 cm³/mol. The van der Waals surface area contributed by atoms with Crippen LogP contribution in [0.25, 0.3) is 5.69 Å². The molecule has 3 aromatic rings. The molecular formula is C21H19N3O2. The van der Waals surface area contributed by atoms with Crippen molar-refractivity contribution in [2.75, 3.05) is 0 Å². The van der Waals surface area contributed by atoms with E-state index in [1.165, 1.54) is 0 Å². The van der Waals surface area contributed by atoms with Crippen LogP contribution in [0.5, 0.6) is 5.75 Å². The van der Waals surface area contributed by atoms with Crippen LogP contribution in [0.3, 0.4) is 0 Å². The number of carbonyl (C=O) groups excluding carboxylic acids is 1. The van der Waals surface area contributed by atoms with Crippen molar-refractivity contribution in [3.63, 3.8) is 0 Å². The number of aryl methyl sites for hydroxylation is 1. The summed E-state index contributed by atoms with van der Waals surface area (Å²) < 4.78 is 7.72. The number of hydrogen-bond donors (Lipinski definition) is 0. The number of ether oxygens (including phenoxy) is 1. The quantitative estimate of drug-likeness (QED) is 0.652. The summed E-state index contributed by atoms with van der Waals surface area (Å²) in [5, 5.41) is 13.5. The van der Waals surface area contributed by atoms with Gasteiger partial charge in [-0.15, -0.1) is 0 Å². The number of rotatable bonds is 5. The average Bonchev–Trinajstić information content (AvgIpc) is 2.94. The molecule has 0 unspecified atom stereocenters. The summed E-state index contributed by atoms with van der Waals surface area (Å²) in [5.41, 5.74) is 5.10. The van der Waals surface area contributed by atoms with Gasteiger partial charge in [-0.1, -0.05) is 0 Å². The van der Waals surface area contributed by atoms with E-state index >= 15 is 0 Å². The van der Waals surface area contributed by atoms with Crippen molar-refractivity contribution < 1.29 is 9.53 Å². The van der Waals surface area contributed by atoms with Crippen molar-refractivity contribution in [1.29, 1.82) is 5.26 Å². The van der Waals surface area contributed by atoms with Crippen LogP contribution >= 0.6 is 0 Å². The van der Waals surface area contributed by atoms with E-state index in [0.717, 1.165) is 22.6 Å². The molecule has 0 aliphatic heterocycles. The molecule has 0 amide bonds. The minimum absolute atomic E-state index is 0.0342. The van der Waals surface area contributed by atoms with Gasteiger partial charge in [-0.2, -0.15) is 10.4 Å². The lowest BCUT2D eigenvalue weighted by Crippen LogP contribution is -2.01. The first kappa shape index (κ1) is 17.4. The highest BCUT2D eigenvalue weighted by Gasteiger charge is 2.13. The molecule has 1 aromatic heterocycles. The maximum absolute atomic E-state index is 11.3. The number of nitriles is 1. The number of hydrogen-bond acceptors (Lipinski definition) is 4. The molecule has 2 aromatic carbocycles. The first-order chi connectivity index (χ1) is 12.5. The molecule has 0 atom stereocenters. The Labute approximate surface area is 152 Å². The summed E-state index contributed by atoms with van der Waals surface area (Å²) in [4.78, 5) is 11.3. The molecule has 0 saturated heterocycles. The van der Waals surface area contributed by atoms with Crippen molar-refractivity contribution in [3.05, 3.63) is 76.6 Å². The topological polar surface area (TPSA) is 67.9 Å². The van der Waals surface area contributed by atoms with E-state index in [9.17, 15) is 4.79 Å². The Kier molecular flexibility index (Phi) is 4.85. The fourth-order valence-electron chi connectivity index (χ4n) is 2.75. The first-order valence-corrected chi connectivity index (χ1v) is 8.29. The molecule has 0 spiro atoms. The Morgan fingerprint density at radius 3 is 2.35 bits per heavy atom. The molecule has 0 radical (unpaired) electrons. The van der Waals surface area contributed by atoms with Gasteiger partial charge in [0.25, 0.3) is 0 Å². The molecule has 3 rings (SSSR count). The molecule has 0 bridgehead atoms. The van der Waals surface area contributed by atoms with Gasteiger partial charge in [0, 0.05) is 16.8 Å². The van der Waals surface area contributed by atoms with Crippen molar-refractivity contribution in [2.24, 2.45) is 0 Å². The number of carbonyl (C=O) groups is 1. The SMILES string of the molecule is CC(=O)c1ccc(OCc2c(C)nn(-c3ccc(C#N)cc3)c2C)cc1. The van der Waals surface area contributed by atoms with Gasteiger partial charge < -0.3 is 4.74 Å². The fraction of sp³-hybridized carbons (Fsp3) is 0.190. The highest BCUT2D eigenvalue weighted by atomic mass is 16.5. The van der Waals surface area contributed by atoms with Gasteiger partial charge in [0.05, 0.1) is 23.0 Å². The summed E-state index contributed by atoms with van der Waals surface area (Å²) >= 11 is 0. The normalized spacial score (nSPS) is 10.4. The van der Waals surface area contributed by atoms with E-state index in [0.29, 0.717) is 23.5 Å². The van der Waals surface area contributed by atoms with E-state index in [2.05, 4.69) is 11.2 Å². The molecule has 5 heteroatoms. The molecule has 0 aliphatic rings. The third kappa shape index (κ3) is 3.50. The number of Topliss-reactive ketones (excluding diaryl/α,β-unsaturated/α-hetero) is 1. The van der Waals surface area contributed by atoms with E-state index in [1.807, 2.05) is 30.7 Å². The molecule has 0 aliphatic carbocycles. The second-order valence-corrected chi connectivity index (χ2v) is 6.09. The van der Waals surface area contributed by atoms with Crippen LogP contribution in [0.1, 0.15) is 39.8 Å². The highest BCUT2D eigenvalue weighted by Crippen LogP contribution is 2.21. The van der Waals surface area contributed by atoms with Gasteiger partial charge >= 0.3 is 0 Å². The van der Waals surface area contributed by atoms with E-state index in [4.69, 9.17) is 10.00 Å². The zero-order chi connectivity index (χ0) is 18.7. The second-order valence-electron chi connectivity index (χ2n) is 6.09. The number of ketones is 1. The molecular weight excluding hydrogens is 326 g/mol. The van der Waals surface area contributed by atoms with Crippen molar-refractivity contribution in [2.45, 2.75) is 27.4 Å². The van der Waals surface area contributed by atoms with Crippen molar-refractivity contribution >= 4 is 5.78 Å². The number of benzene rings is 2. The average molecular weight is 345 g/mol. The monoisotopic (exact) mass is 345 g/mol. The van der Waals surface area contributed by atoms with Crippen LogP contribution in [-0.2, 0) is 6.61 Å². The van der Waals surface area contributed by atoms with Gasteiger partial charge in [-0.05, 0) is 69.3 Å². The van der Waals surface area contributed by atoms with Crippen LogP contribution in [0, 0.1) is 25.2 Å². The summed E-state index contributed by atoms with van der Waals surface area (Å²) in [6.07, 6.45) is 0. The largest absolute Gasteiger partial charge is 0.489 e. The van der Waals surface area contributed by atoms with E-state index in [1.54, 1.807) is 43.3 Å². The fourth-order valence-corrected chi connectivity index (χ4v) is 2.75. The summed E-state index contributed by atoms with van der Waals surface area (Å²) in [6.45, 7) is 5.88. The smallest absolute Gasteiger partial charge is 0.159 e. The standard InChI is InChI=1S/C21H19N3O2/c1-14-21(13-26-20-10-6-18(7-11-20)16(3)25)15(2)24(23-14)19-8-4-17(12-22)5-9-19/h4-11H,13H2,1-3H3. The van der Waals surface area contributed by atoms with E-state index in [-0.39, 0.29) is 5.78 Å². The van der Waals surface area contributed by atoms with Gasteiger partial charge in [-0.25, -0.2) is 4.68 Å². The molecule has 5 nitrogen and oxygen atoms in total. The van der Waals surface area contributed by atoms with Crippen LogP contribution in [-0.4, -0.2) is 15.6 Å². The van der Waals surface area contributed by atoms with Crippen molar-refractivity contribution in [1.82, 2.24) is 9.78 Å². The Morgan fingerprint density at radius 1 is 1.12 bits per heavy atom. The lowest BCUT2D eigenvalue weighted by Gasteiger charge is -2.08. The molecule has 0 N–H and O–H groups in total. The zero-order valence-corrected chi connectivity index (χ0v) is 15.0. The lowest BCUT2D eigenvalue weighted by atomic mass is 10.1. The molecule has 130 valence electrons. The Bertz CT molecular complexity index is 978. The number of nitrogens with zero attached hydrogens (tertiary/aromatic N) is 3. The summed E-state index contributed by atoms with van der Waals surface area (Å²) in [6, 6.07) is 16.5. The predicted octanol–water partition coefficient (Wildman–Crippen LogP) is 4.14. The lowest BCUT2D eigenvalue weighted by molar-refractivity contribution is 0.101. The second kappa shape index (κ2) is 7.24. The van der Waals surface area contributed by atoms with Gasteiger partial charge in [-0.3, -0.25) is 4.79 Å². The Balaban J connectivity index is 1.79. The maximum atomic E-state index is 11.3. The summed E-state index contributed by atoms with van der Waals surface area (Å²) in [7, 11) is 0. The molecule has 1 heterocycles. The van der Waals surface area contributed by atoms with Gasteiger partial charge in [0.15, 0.2) is 5.78 Å². The third-order valence-electron chi connectivity index (χ3n) is 4.33. The zero-order valence-electron chi connectivity index (χ0n) is 15.0. The first-order valence-electron chi connectivity index (χ1n) is 8.29. The van der Waals surface area contributed by atoms with Crippen molar-refractivity contribution in [3.8, 4) is 17.5 Å². The number of aromatic nitrogens is 2. The van der Waals surface area contributed by atoms with Gasteiger partial charge in [0.1, 0.15) is 12.4 Å². The Hall–Kier alpha value is -3.39. The molecule has 0 fully saturated rings. The van der Waals surface area contributed by atoms with Crippen LogP contribution in [0.15, 0.2) is 48.5 Å². The van der Waals surface area contributed by atoms with Gasteiger partial charge in [0.2, 0.25) is 0 Å². The highest BCUT2D eigenvalue weighted by molar-refractivity contribution is 5.94. The minimum Gasteiger partial charge on any atom is -0.489 e. The minimum atomic E-state index is 0.0342. The maximum Gasteiger partial charge on any atom is 0.159 e. The molecule has 0 saturated carbocycles. The third-order valence-corrected chi connectivity index (χ3v) is 4.33. The molecule has 26 heavy (non-hydrogen) atoms.